The zero-order chi connectivity index (χ0) is 10.3. The van der Waals surface area contributed by atoms with Crippen LogP contribution in [0.5, 0.6) is 0 Å². The molecule has 2 aromatic rings. The van der Waals surface area contributed by atoms with Gasteiger partial charge in [-0.15, -0.1) is 11.3 Å². The first-order chi connectivity index (χ1) is 6.58. The van der Waals surface area contributed by atoms with Gasteiger partial charge in [0.15, 0.2) is 0 Å². The zero-order valence-electron chi connectivity index (χ0n) is 7.07. The predicted octanol–water partition coefficient (Wildman–Crippen LogP) is 0.817. The first-order valence-corrected chi connectivity index (χ1v) is 5.12. The Morgan fingerprint density at radius 2 is 2.00 bits per heavy atom. The van der Waals surface area contributed by atoms with E-state index in [2.05, 4.69) is 0 Å². The highest BCUT2D eigenvalue weighted by molar-refractivity contribution is 7.22. The Morgan fingerprint density at radius 3 is 2.64 bits per heavy atom. The fourth-order valence-corrected chi connectivity index (χ4v) is 2.56. The van der Waals surface area contributed by atoms with Gasteiger partial charge in [-0.2, -0.15) is 0 Å². The van der Waals surface area contributed by atoms with Crippen LogP contribution in [0.4, 0.5) is 5.00 Å². The van der Waals surface area contributed by atoms with Gasteiger partial charge in [0.2, 0.25) is 0 Å². The van der Waals surface area contributed by atoms with E-state index >= 15 is 0 Å². The van der Waals surface area contributed by atoms with Crippen LogP contribution in [0.15, 0.2) is 18.2 Å². The number of thiophene rings is 1. The first-order valence-electron chi connectivity index (χ1n) is 3.92. The minimum Gasteiger partial charge on any atom is -0.423 e. The summed E-state index contributed by atoms with van der Waals surface area (Å²) >= 11 is 7.19. The normalized spacial score (nSPS) is 10.8. The number of anilines is 1. The molecule has 0 atom stereocenters. The van der Waals surface area contributed by atoms with Crippen LogP contribution in [-0.2, 0) is 0 Å². The number of rotatable bonds is 1. The third-order valence-electron chi connectivity index (χ3n) is 1.93. The standard InChI is InChI=1S/C8H7BClNO2S/c10-4-1-6(9(12)13)5-3-8(11)14-7(5)2-4/h1-3,12-13H,11H2. The molecule has 0 aliphatic heterocycles. The second kappa shape index (κ2) is 3.44. The molecule has 1 aromatic carbocycles. The van der Waals surface area contributed by atoms with Gasteiger partial charge in [-0.3, -0.25) is 0 Å². The van der Waals surface area contributed by atoms with Crippen molar-refractivity contribution in [2.75, 3.05) is 5.73 Å². The van der Waals surface area contributed by atoms with Crippen LogP contribution in [0.25, 0.3) is 10.1 Å². The Labute approximate surface area is 89.9 Å². The molecule has 3 nitrogen and oxygen atoms in total. The van der Waals surface area contributed by atoms with Crippen LogP contribution in [0, 0.1) is 0 Å². The maximum atomic E-state index is 9.12. The second-order valence-corrected chi connectivity index (χ2v) is 4.48. The summed E-state index contributed by atoms with van der Waals surface area (Å²) in [5, 5.41) is 20.1. The lowest BCUT2D eigenvalue weighted by atomic mass is 9.78. The van der Waals surface area contributed by atoms with Crippen molar-refractivity contribution in [3.8, 4) is 0 Å². The van der Waals surface area contributed by atoms with Crippen molar-refractivity contribution in [2.24, 2.45) is 0 Å². The molecule has 0 fully saturated rings. The molecule has 1 aromatic heterocycles. The maximum absolute atomic E-state index is 9.12. The molecule has 0 unspecified atom stereocenters. The SMILES string of the molecule is Nc1cc2c(B(O)O)cc(Cl)cc2s1. The number of fused-ring (bicyclic) bond motifs is 1. The summed E-state index contributed by atoms with van der Waals surface area (Å²) in [6, 6.07) is 5.00. The minimum absolute atomic E-state index is 0.389. The zero-order valence-corrected chi connectivity index (χ0v) is 8.64. The molecule has 0 spiro atoms. The van der Waals surface area contributed by atoms with Crippen LogP contribution in [-0.4, -0.2) is 17.2 Å². The van der Waals surface area contributed by atoms with Crippen molar-refractivity contribution in [1.29, 1.82) is 0 Å². The Hall–Kier alpha value is -0.745. The minimum atomic E-state index is -1.52. The summed E-state index contributed by atoms with van der Waals surface area (Å²) in [5.41, 5.74) is 6.01. The molecule has 72 valence electrons. The van der Waals surface area contributed by atoms with E-state index in [0.29, 0.717) is 15.5 Å². The Bertz CT molecular complexity index is 485. The lowest BCUT2D eigenvalue weighted by Gasteiger charge is -2.01. The van der Waals surface area contributed by atoms with E-state index in [1.807, 2.05) is 0 Å². The molecule has 0 aliphatic carbocycles. The number of halogens is 1. The fraction of sp³-hybridized carbons (Fsp3) is 0. The largest absolute Gasteiger partial charge is 0.489 e. The number of hydrogen-bond donors (Lipinski definition) is 3. The number of nitrogens with two attached hydrogens (primary N) is 1. The van der Waals surface area contributed by atoms with Crippen molar-refractivity contribution >= 4 is 50.6 Å². The molecule has 0 saturated heterocycles. The molecule has 0 radical (unpaired) electrons. The van der Waals surface area contributed by atoms with Crippen molar-refractivity contribution in [3.05, 3.63) is 23.2 Å². The van der Waals surface area contributed by atoms with Gasteiger partial charge in [-0.05, 0) is 29.0 Å². The van der Waals surface area contributed by atoms with Crippen molar-refractivity contribution in [1.82, 2.24) is 0 Å². The van der Waals surface area contributed by atoms with E-state index in [-0.39, 0.29) is 0 Å². The summed E-state index contributed by atoms with van der Waals surface area (Å²) in [7, 11) is -1.52. The second-order valence-electron chi connectivity index (χ2n) is 2.93. The van der Waals surface area contributed by atoms with Gasteiger partial charge in [0.1, 0.15) is 0 Å². The van der Waals surface area contributed by atoms with Crippen LogP contribution in [0.2, 0.25) is 5.02 Å². The molecule has 4 N–H and O–H groups in total. The Morgan fingerprint density at radius 1 is 1.29 bits per heavy atom. The Kier molecular flexibility index (Phi) is 2.40. The first kappa shape index (κ1) is 9.80. The van der Waals surface area contributed by atoms with Crippen LogP contribution in [0.1, 0.15) is 0 Å². The summed E-state index contributed by atoms with van der Waals surface area (Å²) in [6.45, 7) is 0. The molecule has 6 heteroatoms. The van der Waals surface area contributed by atoms with Crippen molar-refractivity contribution in [2.45, 2.75) is 0 Å². The van der Waals surface area contributed by atoms with Gasteiger partial charge in [0.25, 0.3) is 0 Å². The molecule has 0 amide bonds. The van der Waals surface area contributed by atoms with E-state index in [1.54, 1.807) is 12.1 Å². The van der Waals surface area contributed by atoms with Gasteiger partial charge < -0.3 is 15.8 Å². The quantitative estimate of drug-likeness (QED) is 0.632. The van der Waals surface area contributed by atoms with Gasteiger partial charge >= 0.3 is 7.12 Å². The van der Waals surface area contributed by atoms with Gasteiger partial charge in [-0.25, -0.2) is 0 Å². The Balaban J connectivity index is 2.79. The summed E-state index contributed by atoms with van der Waals surface area (Å²) in [6.07, 6.45) is 0. The van der Waals surface area contributed by atoms with E-state index in [4.69, 9.17) is 27.4 Å². The number of hydrogen-bond acceptors (Lipinski definition) is 4. The number of benzene rings is 1. The van der Waals surface area contributed by atoms with E-state index in [0.717, 1.165) is 10.1 Å². The van der Waals surface area contributed by atoms with Gasteiger partial charge in [-0.1, -0.05) is 11.6 Å². The average molecular weight is 227 g/mol. The predicted molar refractivity (Wildman–Crippen MR) is 61.1 cm³/mol. The van der Waals surface area contributed by atoms with Crippen LogP contribution < -0.4 is 11.2 Å². The molecule has 0 bridgehead atoms. The highest BCUT2D eigenvalue weighted by atomic mass is 35.5. The summed E-state index contributed by atoms with van der Waals surface area (Å²) < 4.78 is 0.859. The average Bonchev–Trinajstić information content (AvgIpc) is 2.42. The molecule has 14 heavy (non-hydrogen) atoms. The lowest BCUT2D eigenvalue weighted by molar-refractivity contribution is 0.426. The van der Waals surface area contributed by atoms with Crippen molar-refractivity contribution < 1.29 is 10.0 Å². The smallest absolute Gasteiger partial charge is 0.423 e. The molecule has 0 saturated carbocycles. The third-order valence-corrected chi connectivity index (χ3v) is 3.06. The molecule has 0 aliphatic rings. The van der Waals surface area contributed by atoms with Crippen LogP contribution in [0.3, 0.4) is 0 Å². The lowest BCUT2D eigenvalue weighted by Crippen LogP contribution is -2.30. The molecule has 1 heterocycles. The van der Waals surface area contributed by atoms with E-state index in [1.165, 1.54) is 17.4 Å². The van der Waals surface area contributed by atoms with E-state index in [9.17, 15) is 0 Å². The van der Waals surface area contributed by atoms with Gasteiger partial charge in [0, 0.05) is 9.72 Å². The van der Waals surface area contributed by atoms with Crippen LogP contribution >= 0.6 is 22.9 Å². The fourth-order valence-electron chi connectivity index (χ4n) is 1.36. The molecular weight excluding hydrogens is 220 g/mol. The monoisotopic (exact) mass is 227 g/mol. The van der Waals surface area contributed by atoms with Gasteiger partial charge in [0.05, 0.1) is 5.00 Å². The highest BCUT2D eigenvalue weighted by Gasteiger charge is 2.17. The summed E-state index contributed by atoms with van der Waals surface area (Å²) in [4.78, 5) is 0. The summed E-state index contributed by atoms with van der Waals surface area (Å²) in [5.74, 6) is 0. The van der Waals surface area contributed by atoms with E-state index < -0.39 is 7.12 Å². The topological polar surface area (TPSA) is 66.5 Å². The highest BCUT2D eigenvalue weighted by Crippen LogP contribution is 2.28. The molecular formula is C8H7BClNO2S. The number of nitrogen functional groups attached to an aromatic ring is 1. The molecule has 2 rings (SSSR count). The van der Waals surface area contributed by atoms with Crippen molar-refractivity contribution in [3.63, 3.8) is 0 Å². The maximum Gasteiger partial charge on any atom is 0.489 e. The third kappa shape index (κ3) is 1.59.